The molecule has 0 saturated carbocycles. The average molecular weight is 441 g/mol. The van der Waals surface area contributed by atoms with Crippen molar-refractivity contribution >= 4 is 26.1 Å². The summed E-state index contributed by atoms with van der Waals surface area (Å²) in [5, 5.41) is 14.5. The Kier molecular flexibility index (Phi) is 9.17. The Bertz CT molecular complexity index is 764. The summed E-state index contributed by atoms with van der Waals surface area (Å²) in [6.45, 7) is 11.8. The number of hydrogen-bond donors (Lipinski definition) is 3. The van der Waals surface area contributed by atoms with Crippen LogP contribution in [0.1, 0.15) is 39.7 Å². The van der Waals surface area contributed by atoms with Crippen molar-refractivity contribution in [2.45, 2.75) is 70.8 Å². The zero-order chi connectivity index (χ0) is 23.1. The van der Waals surface area contributed by atoms with Crippen LogP contribution in [0.2, 0.25) is 18.1 Å². The van der Waals surface area contributed by atoms with Gasteiger partial charge in [0.25, 0.3) is 0 Å². The molecule has 3 N–H and O–H groups in total. The minimum absolute atomic E-state index is 0.0174. The van der Waals surface area contributed by atoms with Crippen LogP contribution in [0.25, 0.3) is 0 Å². The van der Waals surface area contributed by atoms with Crippen molar-refractivity contribution < 1.29 is 28.3 Å². The molecule has 7 nitrogen and oxygen atoms in total. The zero-order valence-electron chi connectivity index (χ0n) is 18.5. The van der Waals surface area contributed by atoms with Crippen molar-refractivity contribution in [3.05, 3.63) is 35.6 Å². The largest absolute Gasteiger partial charge is 0.480 e. The highest BCUT2D eigenvalue weighted by atomic mass is 28.4. The SMILES string of the molecule is CC(=O)N[C@@H](Cc1cccc(F)c1)C(=O)N[C@@H](CCO[Si](C)(C)C(C)(C)C)C(=O)O. The van der Waals surface area contributed by atoms with Crippen LogP contribution in [-0.4, -0.2) is 49.9 Å². The van der Waals surface area contributed by atoms with E-state index >= 15 is 0 Å². The Morgan fingerprint density at radius 3 is 2.30 bits per heavy atom. The first kappa shape index (κ1) is 25.8. The molecule has 0 aliphatic rings. The van der Waals surface area contributed by atoms with E-state index in [2.05, 4.69) is 44.5 Å². The van der Waals surface area contributed by atoms with E-state index in [1.165, 1.54) is 25.1 Å². The molecule has 2 amide bonds. The summed E-state index contributed by atoms with van der Waals surface area (Å²) < 4.78 is 19.4. The lowest BCUT2D eigenvalue weighted by Crippen LogP contribution is -2.52. The highest BCUT2D eigenvalue weighted by Gasteiger charge is 2.37. The molecule has 0 aromatic heterocycles. The number of carboxylic acids is 1. The molecule has 168 valence electrons. The quantitative estimate of drug-likeness (QED) is 0.485. The van der Waals surface area contributed by atoms with Crippen LogP contribution in [-0.2, 0) is 25.2 Å². The van der Waals surface area contributed by atoms with Gasteiger partial charge in [-0.1, -0.05) is 32.9 Å². The number of carboxylic acid groups (broad SMARTS) is 1. The fourth-order valence-electron chi connectivity index (χ4n) is 2.53. The molecule has 0 radical (unpaired) electrons. The fourth-order valence-corrected chi connectivity index (χ4v) is 3.59. The van der Waals surface area contributed by atoms with Crippen molar-refractivity contribution in [1.82, 2.24) is 10.6 Å². The summed E-state index contributed by atoms with van der Waals surface area (Å²) in [4.78, 5) is 35.8. The Hall–Kier alpha value is -2.26. The van der Waals surface area contributed by atoms with Crippen LogP contribution in [0.15, 0.2) is 24.3 Å². The number of halogens is 1. The summed E-state index contributed by atoms with van der Waals surface area (Å²) in [6, 6.07) is 3.50. The second-order valence-electron chi connectivity index (χ2n) is 8.88. The molecule has 30 heavy (non-hydrogen) atoms. The minimum atomic E-state index is -2.04. The van der Waals surface area contributed by atoms with Gasteiger partial charge in [0.15, 0.2) is 8.32 Å². The van der Waals surface area contributed by atoms with E-state index in [9.17, 15) is 23.9 Å². The Morgan fingerprint density at radius 1 is 1.17 bits per heavy atom. The maximum absolute atomic E-state index is 13.4. The first-order valence-corrected chi connectivity index (χ1v) is 12.8. The van der Waals surface area contributed by atoms with Crippen LogP contribution in [0, 0.1) is 5.82 Å². The van der Waals surface area contributed by atoms with Crippen LogP contribution in [0.3, 0.4) is 0 Å². The normalized spacial score (nSPS) is 14.0. The van der Waals surface area contributed by atoms with Gasteiger partial charge in [-0.15, -0.1) is 0 Å². The maximum atomic E-state index is 13.4. The topological polar surface area (TPSA) is 105 Å². The number of nitrogens with one attached hydrogen (secondary N) is 2. The lowest BCUT2D eigenvalue weighted by molar-refractivity contribution is -0.142. The van der Waals surface area contributed by atoms with Gasteiger partial charge in [0, 0.05) is 26.4 Å². The number of carbonyl (C=O) groups is 3. The van der Waals surface area contributed by atoms with Crippen molar-refractivity contribution in [2.24, 2.45) is 0 Å². The molecule has 1 aromatic carbocycles. The average Bonchev–Trinajstić information content (AvgIpc) is 2.58. The molecule has 9 heteroatoms. The van der Waals surface area contributed by atoms with E-state index in [0.717, 1.165) is 0 Å². The molecule has 1 rings (SSSR count). The van der Waals surface area contributed by atoms with Crippen molar-refractivity contribution in [2.75, 3.05) is 6.61 Å². The lowest BCUT2D eigenvalue weighted by atomic mass is 10.0. The van der Waals surface area contributed by atoms with Gasteiger partial charge in [0.1, 0.15) is 17.9 Å². The minimum Gasteiger partial charge on any atom is -0.480 e. The van der Waals surface area contributed by atoms with E-state index < -0.39 is 44.0 Å². The molecule has 1 aromatic rings. The van der Waals surface area contributed by atoms with E-state index in [0.29, 0.717) is 5.56 Å². The van der Waals surface area contributed by atoms with E-state index in [1.54, 1.807) is 6.07 Å². The summed E-state index contributed by atoms with van der Waals surface area (Å²) in [5.74, 6) is -2.73. The van der Waals surface area contributed by atoms with Crippen LogP contribution >= 0.6 is 0 Å². The molecule has 0 fully saturated rings. The van der Waals surface area contributed by atoms with Gasteiger partial charge in [0.05, 0.1) is 0 Å². The number of carbonyl (C=O) groups excluding carboxylic acids is 2. The van der Waals surface area contributed by atoms with Crippen LogP contribution in [0.5, 0.6) is 0 Å². The number of aliphatic carboxylic acids is 1. The van der Waals surface area contributed by atoms with Crippen molar-refractivity contribution in [3.8, 4) is 0 Å². The third kappa shape index (κ3) is 8.23. The van der Waals surface area contributed by atoms with E-state index in [1.807, 2.05) is 0 Å². The van der Waals surface area contributed by atoms with Gasteiger partial charge in [0.2, 0.25) is 11.8 Å². The van der Waals surface area contributed by atoms with E-state index in [4.69, 9.17) is 4.43 Å². The maximum Gasteiger partial charge on any atom is 0.326 e. The Balaban J connectivity index is 2.81. The summed E-state index contributed by atoms with van der Waals surface area (Å²) in [7, 11) is -2.04. The van der Waals surface area contributed by atoms with Gasteiger partial charge in [-0.05, 0) is 35.8 Å². The smallest absolute Gasteiger partial charge is 0.326 e. The zero-order valence-corrected chi connectivity index (χ0v) is 19.5. The molecule has 0 spiro atoms. The molecular weight excluding hydrogens is 407 g/mol. The number of rotatable bonds is 10. The molecular formula is C21H33FN2O5Si. The Morgan fingerprint density at radius 2 is 1.80 bits per heavy atom. The lowest BCUT2D eigenvalue weighted by Gasteiger charge is -2.36. The molecule has 0 aliphatic heterocycles. The molecule has 0 bridgehead atoms. The van der Waals surface area contributed by atoms with Gasteiger partial charge in [-0.2, -0.15) is 0 Å². The van der Waals surface area contributed by atoms with E-state index in [-0.39, 0.29) is 24.5 Å². The molecule has 0 saturated heterocycles. The first-order valence-electron chi connectivity index (χ1n) is 9.91. The van der Waals surface area contributed by atoms with Crippen molar-refractivity contribution in [3.63, 3.8) is 0 Å². The summed E-state index contributed by atoms with van der Waals surface area (Å²) in [5.41, 5.74) is 0.511. The number of benzene rings is 1. The van der Waals surface area contributed by atoms with Gasteiger partial charge >= 0.3 is 5.97 Å². The number of hydrogen-bond acceptors (Lipinski definition) is 4. The highest BCUT2D eigenvalue weighted by Crippen LogP contribution is 2.36. The third-order valence-corrected chi connectivity index (χ3v) is 9.85. The predicted octanol–water partition coefficient (Wildman–Crippen LogP) is 2.85. The molecule has 0 heterocycles. The molecule has 0 aliphatic carbocycles. The Labute approximate surface area is 178 Å². The highest BCUT2D eigenvalue weighted by molar-refractivity contribution is 6.74. The summed E-state index contributed by atoms with van der Waals surface area (Å²) in [6.07, 6.45) is 0.135. The van der Waals surface area contributed by atoms with Crippen LogP contribution < -0.4 is 10.6 Å². The second kappa shape index (κ2) is 10.7. The third-order valence-electron chi connectivity index (χ3n) is 5.31. The molecule has 0 unspecified atom stereocenters. The second-order valence-corrected chi connectivity index (χ2v) is 13.7. The number of amides is 2. The van der Waals surface area contributed by atoms with Crippen molar-refractivity contribution in [1.29, 1.82) is 0 Å². The van der Waals surface area contributed by atoms with Crippen LogP contribution in [0.4, 0.5) is 4.39 Å². The standard InChI is InChI=1S/C21H33FN2O5Si/c1-14(25)23-18(13-15-8-7-9-16(22)12-15)19(26)24-17(20(27)28)10-11-29-30(5,6)21(2,3)4/h7-9,12,17-18H,10-11,13H2,1-6H3,(H,23,25)(H,24,26)(H,27,28)/t17-,18-/m0/s1. The summed E-state index contributed by atoms with van der Waals surface area (Å²) >= 11 is 0. The first-order chi connectivity index (χ1) is 13.7. The predicted molar refractivity (Wildman–Crippen MR) is 115 cm³/mol. The molecule has 2 atom stereocenters. The van der Waals surface area contributed by atoms with Gasteiger partial charge < -0.3 is 20.2 Å². The van der Waals surface area contributed by atoms with Gasteiger partial charge in [-0.25, -0.2) is 9.18 Å². The van der Waals surface area contributed by atoms with Gasteiger partial charge in [-0.3, -0.25) is 9.59 Å². The fraction of sp³-hybridized carbons (Fsp3) is 0.571. The monoisotopic (exact) mass is 440 g/mol.